The van der Waals surface area contributed by atoms with Gasteiger partial charge in [0, 0.05) is 9.50 Å². The van der Waals surface area contributed by atoms with Gasteiger partial charge in [0.15, 0.2) is 12.0 Å². The molecule has 5 heteroatoms. The summed E-state index contributed by atoms with van der Waals surface area (Å²) in [5, 5.41) is 0.994. The van der Waals surface area contributed by atoms with Crippen LogP contribution in [0.5, 0.6) is 0 Å². The minimum Gasteiger partial charge on any atom is -0.453 e. The highest BCUT2D eigenvalue weighted by atomic mass is 79.9. The number of hydrogen-bond acceptors (Lipinski definition) is 2. The van der Waals surface area contributed by atoms with Gasteiger partial charge < -0.3 is 4.42 Å². The molecule has 2 aromatic rings. The molecule has 82 valence electrons. The highest BCUT2D eigenvalue weighted by Gasteiger charge is 2.13. The van der Waals surface area contributed by atoms with E-state index in [2.05, 4.69) is 15.9 Å². The fraction of sp³-hybridized carbons (Fsp3) is 0. The predicted molar refractivity (Wildman–Crippen MR) is 67.3 cm³/mol. The molecule has 0 radical (unpaired) electrons. The number of carbonyl (C=O) groups is 1. The van der Waals surface area contributed by atoms with E-state index in [1.165, 1.54) is 0 Å². The van der Waals surface area contributed by atoms with Crippen molar-refractivity contribution >= 4 is 45.4 Å². The number of rotatable bonds is 2. The number of carbonyl (C=O) groups excluding carboxylic acids is 1. The van der Waals surface area contributed by atoms with E-state index in [1.807, 2.05) is 0 Å². The van der Waals surface area contributed by atoms with E-state index in [0.717, 1.165) is 4.47 Å². The molecule has 2 rings (SSSR count). The standard InChI is InChI=1S/C11H5BrCl2O2/c12-8-3-6(13)4-9(14)11(8)10-2-1-7(5-15)16-10/h1-5H. The maximum Gasteiger partial charge on any atom is 0.185 e. The van der Waals surface area contributed by atoms with E-state index >= 15 is 0 Å². The Bertz CT molecular complexity index is 526. The van der Waals surface area contributed by atoms with Crippen LogP contribution in [0.2, 0.25) is 10.0 Å². The van der Waals surface area contributed by atoms with Crippen LogP contribution >= 0.6 is 39.1 Å². The molecule has 0 saturated heterocycles. The zero-order valence-corrected chi connectivity index (χ0v) is 10.9. The highest BCUT2D eigenvalue weighted by molar-refractivity contribution is 9.10. The first-order valence-electron chi connectivity index (χ1n) is 4.31. The Labute approximate surface area is 110 Å². The molecule has 0 fully saturated rings. The second-order valence-electron chi connectivity index (χ2n) is 3.06. The number of halogens is 3. The van der Waals surface area contributed by atoms with Crippen molar-refractivity contribution in [2.45, 2.75) is 0 Å². The molecule has 0 bridgehead atoms. The summed E-state index contributed by atoms with van der Waals surface area (Å²) in [4.78, 5) is 10.5. The topological polar surface area (TPSA) is 30.2 Å². The number of furan rings is 1. The van der Waals surface area contributed by atoms with Crippen LogP contribution in [0.1, 0.15) is 10.6 Å². The van der Waals surface area contributed by atoms with E-state index in [0.29, 0.717) is 27.7 Å². The Morgan fingerprint density at radius 1 is 1.25 bits per heavy atom. The molecule has 0 aliphatic rings. The van der Waals surface area contributed by atoms with Crippen molar-refractivity contribution in [3.8, 4) is 11.3 Å². The normalized spacial score (nSPS) is 10.4. The zero-order valence-electron chi connectivity index (χ0n) is 7.84. The van der Waals surface area contributed by atoms with Crippen LogP contribution in [-0.4, -0.2) is 6.29 Å². The fourth-order valence-electron chi connectivity index (χ4n) is 1.33. The van der Waals surface area contributed by atoms with Crippen molar-refractivity contribution < 1.29 is 9.21 Å². The molecule has 1 aromatic heterocycles. The Balaban J connectivity index is 2.59. The lowest BCUT2D eigenvalue weighted by Crippen LogP contribution is -1.80. The van der Waals surface area contributed by atoms with Gasteiger partial charge in [0.1, 0.15) is 5.76 Å². The Kier molecular flexibility index (Phi) is 3.38. The number of hydrogen-bond donors (Lipinski definition) is 0. The largest absolute Gasteiger partial charge is 0.453 e. The summed E-state index contributed by atoms with van der Waals surface area (Å²) in [6, 6.07) is 6.60. The monoisotopic (exact) mass is 318 g/mol. The lowest BCUT2D eigenvalue weighted by molar-refractivity contribution is 0.110. The van der Waals surface area contributed by atoms with E-state index in [4.69, 9.17) is 27.6 Å². The van der Waals surface area contributed by atoms with Crippen LogP contribution in [0.15, 0.2) is 33.2 Å². The third-order valence-electron chi connectivity index (χ3n) is 2.00. The maximum absolute atomic E-state index is 10.5. The van der Waals surface area contributed by atoms with Gasteiger partial charge in [0.25, 0.3) is 0 Å². The van der Waals surface area contributed by atoms with Crippen molar-refractivity contribution in [1.29, 1.82) is 0 Å². The van der Waals surface area contributed by atoms with Crippen molar-refractivity contribution in [2.75, 3.05) is 0 Å². The molecule has 0 N–H and O–H groups in total. The second kappa shape index (κ2) is 4.62. The average Bonchev–Trinajstić information content (AvgIpc) is 2.64. The predicted octanol–water partition coefficient (Wildman–Crippen LogP) is 4.83. The van der Waals surface area contributed by atoms with Gasteiger partial charge in [0.05, 0.1) is 10.6 Å². The molecule has 0 saturated carbocycles. The van der Waals surface area contributed by atoms with Crippen molar-refractivity contribution in [2.24, 2.45) is 0 Å². The second-order valence-corrected chi connectivity index (χ2v) is 4.76. The number of benzene rings is 1. The quantitative estimate of drug-likeness (QED) is 0.742. The molecule has 0 spiro atoms. The molecule has 0 unspecified atom stereocenters. The van der Waals surface area contributed by atoms with Crippen LogP contribution in [0.25, 0.3) is 11.3 Å². The first-order chi connectivity index (χ1) is 7.61. The minimum atomic E-state index is 0.257. The smallest absolute Gasteiger partial charge is 0.185 e. The first kappa shape index (κ1) is 11.7. The van der Waals surface area contributed by atoms with Gasteiger partial charge in [-0.2, -0.15) is 0 Å². The summed E-state index contributed by atoms with van der Waals surface area (Å²) in [6.07, 6.45) is 0.640. The van der Waals surface area contributed by atoms with E-state index in [9.17, 15) is 4.79 Å². The SMILES string of the molecule is O=Cc1ccc(-c2c(Cl)cc(Cl)cc2Br)o1. The van der Waals surface area contributed by atoms with Gasteiger partial charge in [-0.3, -0.25) is 4.79 Å². The summed E-state index contributed by atoms with van der Waals surface area (Å²) >= 11 is 15.2. The summed E-state index contributed by atoms with van der Waals surface area (Å²) in [5.41, 5.74) is 0.680. The molecule has 0 aliphatic carbocycles. The minimum absolute atomic E-state index is 0.257. The Hall–Kier alpha value is -0.770. The van der Waals surface area contributed by atoms with Gasteiger partial charge >= 0.3 is 0 Å². The van der Waals surface area contributed by atoms with Crippen LogP contribution < -0.4 is 0 Å². The molecule has 1 aromatic carbocycles. The molecule has 2 nitrogen and oxygen atoms in total. The average molecular weight is 320 g/mol. The molecule has 1 heterocycles. The van der Waals surface area contributed by atoms with Crippen molar-refractivity contribution in [3.05, 3.63) is 44.5 Å². The van der Waals surface area contributed by atoms with Gasteiger partial charge in [-0.15, -0.1) is 0 Å². The lowest BCUT2D eigenvalue weighted by Gasteiger charge is -2.04. The van der Waals surface area contributed by atoms with Crippen molar-refractivity contribution in [3.63, 3.8) is 0 Å². The summed E-state index contributed by atoms with van der Waals surface area (Å²) in [7, 11) is 0. The first-order valence-corrected chi connectivity index (χ1v) is 5.86. The van der Waals surface area contributed by atoms with Gasteiger partial charge in [-0.1, -0.05) is 23.2 Å². The molecular weight excluding hydrogens is 315 g/mol. The molecule has 16 heavy (non-hydrogen) atoms. The van der Waals surface area contributed by atoms with Crippen LogP contribution in [0, 0.1) is 0 Å². The third kappa shape index (κ3) is 2.17. The van der Waals surface area contributed by atoms with Crippen molar-refractivity contribution in [1.82, 2.24) is 0 Å². The fourth-order valence-corrected chi connectivity index (χ4v) is 2.82. The summed E-state index contributed by atoms with van der Waals surface area (Å²) < 4.78 is 6.01. The van der Waals surface area contributed by atoms with Crippen LogP contribution in [0.4, 0.5) is 0 Å². The molecule has 0 amide bonds. The van der Waals surface area contributed by atoms with Crippen LogP contribution in [-0.2, 0) is 0 Å². The highest BCUT2D eigenvalue weighted by Crippen LogP contribution is 2.37. The molecule has 0 atom stereocenters. The van der Waals surface area contributed by atoms with E-state index in [1.54, 1.807) is 24.3 Å². The Morgan fingerprint density at radius 3 is 2.56 bits per heavy atom. The zero-order chi connectivity index (χ0) is 11.7. The van der Waals surface area contributed by atoms with Crippen LogP contribution in [0.3, 0.4) is 0 Å². The van der Waals surface area contributed by atoms with E-state index < -0.39 is 0 Å². The van der Waals surface area contributed by atoms with E-state index in [-0.39, 0.29) is 5.76 Å². The van der Waals surface area contributed by atoms with Gasteiger partial charge in [-0.25, -0.2) is 0 Å². The Morgan fingerprint density at radius 2 is 2.00 bits per heavy atom. The molecule has 0 aliphatic heterocycles. The summed E-state index contributed by atoms with van der Waals surface area (Å²) in [6.45, 7) is 0. The lowest BCUT2D eigenvalue weighted by atomic mass is 10.2. The molecular formula is C11H5BrCl2O2. The third-order valence-corrected chi connectivity index (χ3v) is 3.14. The summed E-state index contributed by atoms with van der Waals surface area (Å²) in [5.74, 6) is 0.781. The number of aldehydes is 1. The van der Waals surface area contributed by atoms with Gasteiger partial charge in [-0.05, 0) is 40.2 Å². The maximum atomic E-state index is 10.5. The van der Waals surface area contributed by atoms with Gasteiger partial charge in [0.2, 0.25) is 0 Å².